The summed E-state index contributed by atoms with van der Waals surface area (Å²) in [7, 11) is 0.525. The number of aromatic nitrogens is 3. The molecule has 0 fully saturated rings. The number of hydrogen-bond donors (Lipinski definition) is 0. The number of hydrogen-bond acceptors (Lipinski definition) is 3. The van der Waals surface area contributed by atoms with Crippen molar-refractivity contribution in [3.8, 4) is 0 Å². The summed E-state index contributed by atoms with van der Waals surface area (Å²) >= 11 is 8.14. The molecule has 5 nitrogen and oxygen atoms in total. The Morgan fingerprint density at radius 1 is 1.43 bits per heavy atom. The lowest BCUT2D eigenvalue weighted by atomic mass is 10.4. The van der Waals surface area contributed by atoms with E-state index in [0.29, 0.717) is 17.8 Å². The van der Waals surface area contributed by atoms with Crippen molar-refractivity contribution in [3.05, 3.63) is 25.4 Å². The van der Waals surface area contributed by atoms with Crippen molar-refractivity contribution in [3.63, 3.8) is 0 Å². The molecule has 0 atom stereocenters. The Hall–Kier alpha value is -0.383. The summed E-state index contributed by atoms with van der Waals surface area (Å²) in [6.07, 6.45) is 1.88. The van der Waals surface area contributed by atoms with E-state index < -0.39 is 8.07 Å². The molecule has 0 N–H and O–H groups in total. The van der Waals surface area contributed by atoms with Gasteiger partial charge in [0, 0.05) is 31.5 Å². The highest BCUT2D eigenvalue weighted by Crippen LogP contribution is 2.20. The first-order chi connectivity index (χ1) is 9.70. The summed E-state index contributed by atoms with van der Waals surface area (Å²) in [4.78, 5) is 16.5. The van der Waals surface area contributed by atoms with Crippen molar-refractivity contribution < 1.29 is 4.74 Å². The summed E-state index contributed by atoms with van der Waals surface area (Å²) in [5.74, 6) is 0. The zero-order valence-electron chi connectivity index (χ0n) is 12.6. The molecular formula is C13H19ClIN3O2Si. The summed E-state index contributed by atoms with van der Waals surface area (Å²) in [6.45, 7) is 8.06. The van der Waals surface area contributed by atoms with Gasteiger partial charge >= 0.3 is 0 Å². The van der Waals surface area contributed by atoms with Crippen LogP contribution in [0.3, 0.4) is 0 Å². The van der Waals surface area contributed by atoms with Gasteiger partial charge in [0.1, 0.15) is 6.73 Å². The van der Waals surface area contributed by atoms with Crippen molar-refractivity contribution in [1.82, 2.24) is 14.1 Å². The summed E-state index contributed by atoms with van der Waals surface area (Å²) < 4.78 is 9.78. The van der Waals surface area contributed by atoms with Gasteiger partial charge in [-0.25, -0.2) is 4.98 Å². The molecule has 8 heteroatoms. The van der Waals surface area contributed by atoms with Gasteiger partial charge in [-0.2, -0.15) is 0 Å². The van der Waals surface area contributed by atoms with Crippen LogP contribution in [0.1, 0.15) is 0 Å². The van der Waals surface area contributed by atoms with Gasteiger partial charge < -0.3 is 9.30 Å². The normalized spacial score (nSPS) is 12.3. The zero-order chi connectivity index (χ0) is 15.8. The van der Waals surface area contributed by atoms with E-state index in [2.05, 4.69) is 47.2 Å². The Morgan fingerprint density at radius 2 is 2.10 bits per heavy atom. The minimum atomic E-state index is -1.10. The number of halogens is 2. The van der Waals surface area contributed by atoms with Crippen molar-refractivity contribution in [2.45, 2.75) is 32.4 Å². The molecule has 0 unspecified atom stereocenters. The van der Waals surface area contributed by atoms with E-state index >= 15 is 0 Å². The molecule has 0 aliphatic rings. The lowest BCUT2D eigenvalue weighted by molar-refractivity contribution is 0.0898. The molecule has 0 amide bonds. The van der Waals surface area contributed by atoms with Gasteiger partial charge in [0.15, 0.2) is 5.65 Å². The molecule has 0 aromatic carbocycles. The van der Waals surface area contributed by atoms with Gasteiger partial charge in [-0.05, 0) is 40.2 Å². The van der Waals surface area contributed by atoms with Crippen LogP contribution in [0.5, 0.6) is 0 Å². The largest absolute Gasteiger partial charge is 0.361 e. The fourth-order valence-corrected chi connectivity index (χ4v) is 3.61. The van der Waals surface area contributed by atoms with Gasteiger partial charge in [0.05, 0.1) is 5.39 Å². The third-order valence-electron chi connectivity index (χ3n) is 3.22. The van der Waals surface area contributed by atoms with Crippen LogP contribution < -0.4 is 5.56 Å². The van der Waals surface area contributed by atoms with Crippen molar-refractivity contribution >= 4 is 53.3 Å². The van der Waals surface area contributed by atoms with E-state index in [4.69, 9.17) is 16.3 Å². The Morgan fingerprint density at radius 3 is 2.71 bits per heavy atom. The molecule has 116 valence electrons. The van der Waals surface area contributed by atoms with E-state index in [0.717, 1.165) is 16.2 Å². The van der Waals surface area contributed by atoms with Crippen molar-refractivity contribution in [2.75, 3.05) is 6.61 Å². The topological polar surface area (TPSA) is 49.0 Å². The van der Waals surface area contributed by atoms with Crippen LogP contribution in [0.2, 0.25) is 31.0 Å². The standard InChI is InChI=1S/C13H19ClIN3O2Si/c1-17-12(19)10-9(15)7-18(11(10)16-13(17)14)8-20-5-6-21(2,3)4/h7H,5-6,8H2,1-4H3. The first-order valence-electron chi connectivity index (χ1n) is 6.69. The van der Waals surface area contributed by atoms with E-state index in [-0.39, 0.29) is 10.8 Å². The van der Waals surface area contributed by atoms with Crippen LogP contribution in [0.25, 0.3) is 11.0 Å². The van der Waals surface area contributed by atoms with Gasteiger partial charge in [-0.3, -0.25) is 9.36 Å². The maximum atomic E-state index is 12.2. The Labute approximate surface area is 143 Å². The lowest BCUT2D eigenvalue weighted by Crippen LogP contribution is -2.22. The third kappa shape index (κ3) is 3.88. The second kappa shape index (κ2) is 6.39. The number of rotatable bonds is 5. The lowest BCUT2D eigenvalue weighted by Gasteiger charge is -2.15. The Bertz CT molecular complexity index is 721. The second-order valence-electron chi connectivity index (χ2n) is 6.24. The minimum Gasteiger partial charge on any atom is -0.361 e. The maximum Gasteiger partial charge on any atom is 0.264 e. The van der Waals surface area contributed by atoms with Gasteiger partial charge in [-0.15, -0.1) is 0 Å². The summed E-state index contributed by atoms with van der Waals surface area (Å²) in [6, 6.07) is 1.11. The van der Waals surface area contributed by atoms with Gasteiger partial charge in [-0.1, -0.05) is 19.6 Å². The highest BCUT2D eigenvalue weighted by atomic mass is 127. The van der Waals surface area contributed by atoms with E-state index in [9.17, 15) is 4.79 Å². The van der Waals surface area contributed by atoms with Crippen LogP contribution in [0.4, 0.5) is 0 Å². The van der Waals surface area contributed by atoms with Crippen LogP contribution in [-0.2, 0) is 18.5 Å². The van der Waals surface area contributed by atoms with Gasteiger partial charge in [0.25, 0.3) is 5.56 Å². The molecule has 0 aliphatic heterocycles. The fourth-order valence-electron chi connectivity index (χ4n) is 1.88. The van der Waals surface area contributed by atoms with Crippen LogP contribution in [-0.4, -0.2) is 28.8 Å². The van der Waals surface area contributed by atoms with Gasteiger partial charge in [0.2, 0.25) is 5.28 Å². The molecule has 0 spiro atoms. The van der Waals surface area contributed by atoms with Crippen molar-refractivity contribution in [1.29, 1.82) is 0 Å². The maximum absolute atomic E-state index is 12.2. The molecule has 0 saturated heterocycles. The molecule has 2 aromatic heterocycles. The molecule has 2 aromatic rings. The number of ether oxygens (including phenoxy) is 1. The highest BCUT2D eigenvalue weighted by Gasteiger charge is 2.16. The molecule has 21 heavy (non-hydrogen) atoms. The molecule has 0 aliphatic carbocycles. The van der Waals surface area contributed by atoms with E-state index in [1.54, 1.807) is 7.05 Å². The number of fused-ring (bicyclic) bond motifs is 1. The summed E-state index contributed by atoms with van der Waals surface area (Å²) in [5, 5.41) is 0.779. The molecular weight excluding hydrogens is 421 g/mol. The SMILES string of the molecule is Cn1c(Cl)nc2c(c(I)cn2COCC[Si](C)(C)C)c1=O. The second-order valence-corrected chi connectivity index (χ2v) is 13.4. The van der Waals surface area contributed by atoms with E-state index in [1.807, 2.05) is 10.8 Å². The minimum absolute atomic E-state index is 0.129. The molecule has 2 heterocycles. The molecule has 0 bridgehead atoms. The average Bonchev–Trinajstić information content (AvgIpc) is 2.67. The van der Waals surface area contributed by atoms with E-state index in [1.165, 1.54) is 4.57 Å². The predicted octanol–water partition coefficient (Wildman–Crippen LogP) is 3.31. The Kier molecular flexibility index (Phi) is 5.17. The molecule has 0 saturated carbocycles. The number of nitrogens with zero attached hydrogens (tertiary/aromatic N) is 3. The predicted molar refractivity (Wildman–Crippen MR) is 96.8 cm³/mol. The third-order valence-corrected chi connectivity index (χ3v) is 6.08. The molecule has 0 radical (unpaired) electrons. The Balaban J connectivity index is 2.24. The monoisotopic (exact) mass is 439 g/mol. The van der Waals surface area contributed by atoms with Crippen LogP contribution >= 0.6 is 34.2 Å². The van der Waals surface area contributed by atoms with Crippen LogP contribution in [0, 0.1) is 3.57 Å². The summed E-state index contributed by atoms with van der Waals surface area (Å²) in [5.41, 5.74) is 0.454. The average molecular weight is 440 g/mol. The first-order valence-corrected chi connectivity index (χ1v) is 11.9. The molecule has 2 rings (SSSR count). The fraction of sp³-hybridized carbons (Fsp3) is 0.538. The highest BCUT2D eigenvalue weighted by molar-refractivity contribution is 14.1. The first kappa shape index (κ1) is 17.0. The zero-order valence-corrected chi connectivity index (χ0v) is 16.5. The van der Waals surface area contributed by atoms with Crippen molar-refractivity contribution in [2.24, 2.45) is 7.05 Å². The van der Waals surface area contributed by atoms with Crippen LogP contribution in [0.15, 0.2) is 11.0 Å². The quantitative estimate of drug-likeness (QED) is 0.311. The smallest absolute Gasteiger partial charge is 0.264 e.